The van der Waals surface area contributed by atoms with Gasteiger partial charge >= 0.3 is 0 Å². The van der Waals surface area contributed by atoms with Crippen LogP contribution < -0.4 is 0 Å². The number of carbonyl (C=O) groups excluding carboxylic acids is 1. The quantitative estimate of drug-likeness (QED) is 0.139. The fourth-order valence-electron chi connectivity index (χ4n) is 3.38. The van der Waals surface area contributed by atoms with Crippen LogP contribution in [0.15, 0.2) is 6.20 Å². The predicted molar refractivity (Wildman–Crippen MR) is 143 cm³/mol. The van der Waals surface area contributed by atoms with Crippen molar-refractivity contribution in [3.05, 3.63) is 11.9 Å². The molecule has 0 spiro atoms. The van der Waals surface area contributed by atoms with Gasteiger partial charge in [0.2, 0.25) is 0 Å². The van der Waals surface area contributed by atoms with Crippen molar-refractivity contribution in [3.63, 3.8) is 0 Å². The molecule has 0 saturated heterocycles. The Morgan fingerprint density at radius 2 is 1.34 bits per heavy atom. The zero-order valence-corrected chi connectivity index (χ0v) is 23.9. The number of unbranched alkanes of at least 4 members (excludes halogenated alkanes) is 1. The van der Waals surface area contributed by atoms with E-state index in [1.54, 1.807) is 11.6 Å². The summed E-state index contributed by atoms with van der Waals surface area (Å²) >= 11 is 0. The summed E-state index contributed by atoms with van der Waals surface area (Å²) < 4.78 is 40.6. The van der Waals surface area contributed by atoms with Gasteiger partial charge in [0.1, 0.15) is 11.5 Å². The highest BCUT2D eigenvalue weighted by Crippen LogP contribution is 2.10. The van der Waals surface area contributed by atoms with E-state index in [0.717, 1.165) is 25.0 Å². The molecule has 0 saturated carbocycles. The van der Waals surface area contributed by atoms with Crippen molar-refractivity contribution >= 4 is 5.78 Å². The van der Waals surface area contributed by atoms with Crippen LogP contribution >= 0.6 is 0 Å². The number of aromatic nitrogens is 3. The number of ketones is 1. The molecule has 0 amide bonds. The molecule has 1 atom stereocenters. The minimum atomic E-state index is 0.126. The number of hydrogen-bond acceptors (Lipinski definition) is 10. The van der Waals surface area contributed by atoms with Crippen molar-refractivity contribution < 1.29 is 38.0 Å². The molecule has 11 nitrogen and oxygen atoms in total. The Morgan fingerprint density at radius 3 is 1.95 bits per heavy atom. The molecule has 11 heteroatoms. The zero-order chi connectivity index (χ0) is 27.5. The number of carbonyl (C=O) groups is 1. The lowest BCUT2D eigenvalue weighted by Crippen LogP contribution is -2.17. The van der Waals surface area contributed by atoms with E-state index in [4.69, 9.17) is 33.2 Å². The first-order valence-corrected chi connectivity index (χ1v) is 14.1. The molecule has 1 rings (SSSR count). The van der Waals surface area contributed by atoms with Gasteiger partial charge in [-0.15, -0.1) is 5.10 Å². The summed E-state index contributed by atoms with van der Waals surface area (Å²) in [6.45, 7) is 13.2. The van der Waals surface area contributed by atoms with Gasteiger partial charge in [0.15, 0.2) is 0 Å². The van der Waals surface area contributed by atoms with Crippen molar-refractivity contribution in [1.82, 2.24) is 15.0 Å². The molecule has 222 valence electrons. The van der Waals surface area contributed by atoms with Crippen LogP contribution in [0.5, 0.6) is 0 Å². The normalized spacial score (nSPS) is 12.3. The van der Waals surface area contributed by atoms with Gasteiger partial charge in [0.25, 0.3) is 0 Å². The summed E-state index contributed by atoms with van der Waals surface area (Å²) in [5, 5.41) is 8.18. The first-order chi connectivity index (χ1) is 18.7. The van der Waals surface area contributed by atoms with Crippen molar-refractivity contribution in [2.24, 2.45) is 0 Å². The Balaban J connectivity index is 1.87. The van der Waals surface area contributed by atoms with E-state index in [1.165, 1.54) is 12.8 Å². The molecule has 1 aromatic rings. The average Bonchev–Trinajstić information content (AvgIpc) is 3.36. The molecule has 0 aromatic carbocycles. The number of rotatable bonds is 29. The molecule has 0 radical (unpaired) electrons. The Labute approximate surface area is 228 Å². The van der Waals surface area contributed by atoms with Crippen LogP contribution in [0.2, 0.25) is 0 Å². The Morgan fingerprint density at radius 1 is 0.763 bits per heavy atom. The number of nitrogens with zero attached hydrogens (tertiary/aromatic N) is 3. The molecule has 1 heterocycles. The molecule has 0 fully saturated rings. The van der Waals surface area contributed by atoms with Gasteiger partial charge in [-0.05, 0) is 19.8 Å². The first-order valence-electron chi connectivity index (χ1n) is 14.1. The van der Waals surface area contributed by atoms with Gasteiger partial charge in [-0.1, -0.05) is 38.3 Å². The highest BCUT2D eigenvalue weighted by atomic mass is 16.6. The molecule has 38 heavy (non-hydrogen) atoms. The minimum Gasteiger partial charge on any atom is -0.379 e. The third kappa shape index (κ3) is 21.5. The minimum absolute atomic E-state index is 0.126. The smallest absolute Gasteiger partial charge is 0.132 e. The van der Waals surface area contributed by atoms with Crippen LogP contribution in [0.1, 0.15) is 65.0 Å². The summed E-state index contributed by atoms with van der Waals surface area (Å²) in [7, 11) is 0. The van der Waals surface area contributed by atoms with E-state index in [0.29, 0.717) is 105 Å². The second-order valence-corrected chi connectivity index (χ2v) is 8.96. The van der Waals surface area contributed by atoms with Crippen molar-refractivity contribution in [1.29, 1.82) is 0 Å². The fourth-order valence-corrected chi connectivity index (χ4v) is 3.38. The molecule has 1 aromatic heterocycles. The average molecular weight is 546 g/mol. The Kier molecular flexibility index (Phi) is 23.5. The van der Waals surface area contributed by atoms with Crippen LogP contribution in [-0.2, 0) is 51.1 Å². The van der Waals surface area contributed by atoms with Crippen molar-refractivity contribution in [2.75, 3.05) is 79.3 Å². The van der Waals surface area contributed by atoms with Gasteiger partial charge in [0, 0.05) is 6.42 Å². The summed E-state index contributed by atoms with van der Waals surface area (Å²) in [6, 6.07) is 0. The predicted octanol–water partition coefficient (Wildman–Crippen LogP) is 3.23. The van der Waals surface area contributed by atoms with Crippen molar-refractivity contribution in [2.45, 2.75) is 78.6 Å². The van der Waals surface area contributed by atoms with Crippen LogP contribution in [0.4, 0.5) is 0 Å². The lowest BCUT2D eigenvalue weighted by molar-refractivity contribution is -0.118. The Bertz CT molecular complexity index is 662. The molecule has 0 N–H and O–H groups in total. The van der Waals surface area contributed by atoms with E-state index in [-0.39, 0.29) is 5.78 Å². The molecular weight excluding hydrogens is 494 g/mol. The second kappa shape index (κ2) is 25.8. The maximum Gasteiger partial charge on any atom is 0.132 e. The summed E-state index contributed by atoms with van der Waals surface area (Å²) in [5.74, 6) is 0.126. The summed E-state index contributed by atoms with van der Waals surface area (Å²) in [6.07, 6.45) is 8.49. The van der Waals surface area contributed by atoms with Gasteiger partial charge in [-0.2, -0.15) is 0 Å². The summed E-state index contributed by atoms with van der Waals surface area (Å²) in [4.78, 5) is 10.8. The topological polar surface area (TPSA) is 112 Å². The molecule has 1 unspecified atom stereocenters. The Hall–Kier alpha value is -1.47. The summed E-state index contributed by atoms with van der Waals surface area (Å²) in [5.41, 5.74) is 0.758. The molecule has 0 aliphatic rings. The van der Waals surface area contributed by atoms with E-state index in [1.807, 2.05) is 6.20 Å². The van der Waals surface area contributed by atoms with E-state index < -0.39 is 0 Å². The maximum absolute atomic E-state index is 10.8. The first kappa shape index (κ1) is 34.6. The van der Waals surface area contributed by atoms with Crippen LogP contribution in [0, 0.1) is 0 Å². The standard InChI is InChI=1S/C27H51N3O8/c1-4-6-8-27(7-5-2)38-22-21-36-18-17-34-16-14-33-12-10-30-23-26(28-29-30)24-37-20-19-35-15-13-32-11-9-25(3)31/h23,27H,4-22,24H2,1-3H3. The fraction of sp³-hybridized carbons (Fsp3) is 0.889. The maximum atomic E-state index is 10.8. The lowest BCUT2D eigenvalue weighted by atomic mass is 10.1. The molecule has 0 aliphatic carbocycles. The molecule has 0 bridgehead atoms. The highest BCUT2D eigenvalue weighted by Gasteiger charge is 2.07. The number of ether oxygens (including phenoxy) is 7. The van der Waals surface area contributed by atoms with Gasteiger partial charge < -0.3 is 33.2 Å². The highest BCUT2D eigenvalue weighted by molar-refractivity contribution is 5.75. The van der Waals surface area contributed by atoms with E-state index >= 15 is 0 Å². The third-order valence-corrected chi connectivity index (χ3v) is 5.46. The monoisotopic (exact) mass is 545 g/mol. The van der Waals surface area contributed by atoms with E-state index in [9.17, 15) is 4.79 Å². The van der Waals surface area contributed by atoms with Gasteiger partial charge in [-0.25, -0.2) is 4.68 Å². The number of hydrogen-bond donors (Lipinski definition) is 0. The van der Waals surface area contributed by atoms with Crippen molar-refractivity contribution in [3.8, 4) is 0 Å². The van der Waals surface area contributed by atoms with Gasteiger partial charge in [0.05, 0.1) is 105 Å². The van der Waals surface area contributed by atoms with Crippen LogP contribution in [0.3, 0.4) is 0 Å². The number of Topliss-reactive ketones (excluding diaryl/α,β-unsaturated/α-hetero) is 1. The van der Waals surface area contributed by atoms with Crippen LogP contribution in [-0.4, -0.2) is 106 Å². The SMILES string of the molecule is CCCCC(CCC)OCCOCCOCCOCCn1cc(COCCOCCOCCC(C)=O)nn1. The molecular formula is C27H51N3O8. The third-order valence-electron chi connectivity index (χ3n) is 5.46. The van der Waals surface area contributed by atoms with E-state index in [2.05, 4.69) is 24.2 Å². The second-order valence-electron chi connectivity index (χ2n) is 8.96. The largest absolute Gasteiger partial charge is 0.379 e. The zero-order valence-electron chi connectivity index (χ0n) is 23.9. The van der Waals surface area contributed by atoms with Gasteiger partial charge in [-0.3, -0.25) is 4.79 Å². The molecule has 0 aliphatic heterocycles. The van der Waals surface area contributed by atoms with Crippen LogP contribution in [0.25, 0.3) is 0 Å². The lowest BCUT2D eigenvalue weighted by Gasteiger charge is -2.17.